The van der Waals surface area contributed by atoms with E-state index in [0.717, 1.165) is 10.4 Å². The van der Waals surface area contributed by atoms with Gasteiger partial charge in [-0.15, -0.1) is 23.1 Å². The quantitative estimate of drug-likeness (QED) is 0.386. The van der Waals surface area contributed by atoms with E-state index in [4.69, 9.17) is 4.74 Å². The van der Waals surface area contributed by atoms with Crippen LogP contribution in [0.15, 0.2) is 71.1 Å². The Balaban J connectivity index is 1.61. The Morgan fingerprint density at radius 3 is 2.83 bits per heavy atom. The van der Waals surface area contributed by atoms with Crippen LogP contribution in [0.4, 0.5) is 0 Å². The first kappa shape index (κ1) is 19.6. The number of ether oxygens (including phenoxy) is 1. The number of hydrogen-bond acceptors (Lipinski definition) is 4. The van der Waals surface area contributed by atoms with E-state index in [-0.39, 0.29) is 11.8 Å². The van der Waals surface area contributed by atoms with Crippen LogP contribution in [0, 0.1) is 0 Å². The standard InChI is InChI=1S/C23H22N2O2S2/c1-27-21-12-15(28-2)9-10-17(21)23(26)25-14-19(22-8-5-11-29-22)18-13-24-20-7-4-3-6-16(18)20/h3-13,19,24H,14H2,1-2H3,(H,25,26)/t19-/m0/s1. The normalized spacial score (nSPS) is 12.1. The van der Waals surface area contributed by atoms with Crippen LogP contribution in [-0.2, 0) is 0 Å². The second-order valence-electron chi connectivity index (χ2n) is 6.63. The van der Waals surface area contributed by atoms with Crippen molar-refractivity contribution in [3.63, 3.8) is 0 Å². The number of hydrogen-bond donors (Lipinski definition) is 2. The van der Waals surface area contributed by atoms with Crippen molar-refractivity contribution in [3.8, 4) is 5.75 Å². The van der Waals surface area contributed by atoms with Gasteiger partial charge in [-0.25, -0.2) is 0 Å². The number of rotatable bonds is 7. The average Bonchev–Trinajstić information content (AvgIpc) is 3.44. The van der Waals surface area contributed by atoms with Crippen LogP contribution in [-0.4, -0.2) is 30.8 Å². The number of H-pyrrole nitrogens is 1. The fourth-order valence-electron chi connectivity index (χ4n) is 3.51. The summed E-state index contributed by atoms with van der Waals surface area (Å²) < 4.78 is 5.44. The molecule has 0 aliphatic heterocycles. The smallest absolute Gasteiger partial charge is 0.255 e. The van der Waals surface area contributed by atoms with E-state index >= 15 is 0 Å². The van der Waals surface area contributed by atoms with Gasteiger partial charge in [0.05, 0.1) is 12.7 Å². The molecule has 0 fully saturated rings. The van der Waals surface area contributed by atoms with Crippen LogP contribution in [0.2, 0.25) is 0 Å². The van der Waals surface area contributed by atoms with Crippen molar-refractivity contribution >= 4 is 39.9 Å². The Kier molecular flexibility index (Phi) is 5.92. The van der Waals surface area contributed by atoms with Crippen molar-refractivity contribution in [1.82, 2.24) is 10.3 Å². The Bertz CT molecular complexity index is 1120. The number of thioether (sulfide) groups is 1. The summed E-state index contributed by atoms with van der Waals surface area (Å²) in [6, 6.07) is 18.1. The number of amides is 1. The number of methoxy groups -OCH3 is 1. The summed E-state index contributed by atoms with van der Waals surface area (Å²) in [7, 11) is 1.59. The molecule has 2 heterocycles. The lowest BCUT2D eigenvalue weighted by Gasteiger charge is -2.17. The van der Waals surface area contributed by atoms with Crippen LogP contribution < -0.4 is 10.1 Å². The summed E-state index contributed by atoms with van der Waals surface area (Å²) in [6.07, 6.45) is 4.05. The molecule has 6 heteroatoms. The summed E-state index contributed by atoms with van der Waals surface area (Å²) in [5, 5.41) is 6.37. The number of nitrogens with one attached hydrogen (secondary N) is 2. The lowest BCUT2D eigenvalue weighted by molar-refractivity contribution is 0.0949. The Hall–Kier alpha value is -2.70. The summed E-state index contributed by atoms with van der Waals surface area (Å²) in [6.45, 7) is 0.509. The molecule has 2 aromatic carbocycles. The second-order valence-corrected chi connectivity index (χ2v) is 8.49. The van der Waals surface area contributed by atoms with Crippen LogP contribution >= 0.6 is 23.1 Å². The Morgan fingerprint density at radius 2 is 2.07 bits per heavy atom. The molecule has 29 heavy (non-hydrogen) atoms. The zero-order chi connectivity index (χ0) is 20.2. The van der Waals surface area contributed by atoms with E-state index in [1.54, 1.807) is 30.2 Å². The van der Waals surface area contributed by atoms with Crippen LogP contribution in [0.1, 0.15) is 26.7 Å². The van der Waals surface area contributed by atoms with Gasteiger partial charge in [0, 0.05) is 39.3 Å². The van der Waals surface area contributed by atoms with Gasteiger partial charge < -0.3 is 15.0 Å². The second kappa shape index (κ2) is 8.76. The highest BCUT2D eigenvalue weighted by atomic mass is 32.2. The fraction of sp³-hybridized carbons (Fsp3) is 0.174. The van der Waals surface area contributed by atoms with Gasteiger partial charge in [-0.1, -0.05) is 24.3 Å². The van der Waals surface area contributed by atoms with Crippen molar-refractivity contribution in [3.05, 3.63) is 82.2 Å². The third kappa shape index (κ3) is 4.04. The SMILES string of the molecule is COc1cc(SC)ccc1C(=O)NC[C@H](c1cccs1)c1c[nH]c2ccccc12. The van der Waals surface area contributed by atoms with E-state index in [1.807, 2.05) is 42.7 Å². The van der Waals surface area contributed by atoms with Gasteiger partial charge in [0.1, 0.15) is 5.75 Å². The summed E-state index contributed by atoms with van der Waals surface area (Å²) in [5.74, 6) is 0.539. The average molecular weight is 423 g/mol. The van der Waals surface area contributed by atoms with E-state index in [2.05, 4.69) is 40.1 Å². The van der Waals surface area contributed by atoms with E-state index < -0.39 is 0 Å². The first-order valence-electron chi connectivity index (χ1n) is 9.31. The minimum atomic E-state index is -0.129. The summed E-state index contributed by atoms with van der Waals surface area (Å²) in [5.41, 5.74) is 2.84. The number of thiophene rings is 1. The largest absolute Gasteiger partial charge is 0.496 e. The predicted octanol–water partition coefficient (Wildman–Crippen LogP) is 5.52. The van der Waals surface area contributed by atoms with Gasteiger partial charge in [-0.2, -0.15) is 0 Å². The van der Waals surface area contributed by atoms with Gasteiger partial charge in [0.15, 0.2) is 0 Å². The van der Waals surface area contributed by atoms with E-state index in [1.165, 1.54) is 15.8 Å². The molecule has 1 amide bonds. The molecule has 0 aliphatic carbocycles. The molecule has 4 nitrogen and oxygen atoms in total. The zero-order valence-corrected chi connectivity index (χ0v) is 17.9. The van der Waals surface area contributed by atoms with Crippen LogP contribution in [0.5, 0.6) is 5.75 Å². The lowest BCUT2D eigenvalue weighted by atomic mass is 9.96. The lowest BCUT2D eigenvalue weighted by Crippen LogP contribution is -2.29. The zero-order valence-electron chi connectivity index (χ0n) is 16.3. The van der Waals surface area contributed by atoms with Gasteiger partial charge in [0.25, 0.3) is 5.91 Å². The predicted molar refractivity (Wildman–Crippen MR) is 122 cm³/mol. The highest BCUT2D eigenvalue weighted by molar-refractivity contribution is 7.98. The van der Waals surface area contributed by atoms with Crippen molar-refractivity contribution in [2.45, 2.75) is 10.8 Å². The molecule has 0 saturated heterocycles. The number of para-hydroxylation sites is 1. The highest BCUT2D eigenvalue weighted by Crippen LogP contribution is 2.33. The number of aromatic nitrogens is 1. The molecular weight excluding hydrogens is 400 g/mol. The monoisotopic (exact) mass is 422 g/mol. The highest BCUT2D eigenvalue weighted by Gasteiger charge is 2.21. The molecule has 0 radical (unpaired) electrons. The maximum Gasteiger partial charge on any atom is 0.255 e. The summed E-state index contributed by atoms with van der Waals surface area (Å²) >= 11 is 3.33. The van der Waals surface area contributed by atoms with Crippen molar-refractivity contribution in [2.24, 2.45) is 0 Å². The minimum Gasteiger partial charge on any atom is -0.496 e. The first-order valence-corrected chi connectivity index (χ1v) is 11.4. The van der Waals surface area contributed by atoms with Gasteiger partial charge in [-0.05, 0) is 47.5 Å². The molecule has 148 valence electrons. The third-order valence-corrected chi connectivity index (χ3v) is 6.71. The summed E-state index contributed by atoms with van der Waals surface area (Å²) in [4.78, 5) is 18.6. The minimum absolute atomic E-state index is 0.0755. The van der Waals surface area contributed by atoms with Gasteiger partial charge >= 0.3 is 0 Å². The van der Waals surface area contributed by atoms with E-state index in [0.29, 0.717) is 17.9 Å². The van der Waals surface area contributed by atoms with E-state index in [9.17, 15) is 4.79 Å². The maximum absolute atomic E-state index is 12.9. The number of fused-ring (bicyclic) bond motifs is 1. The fourth-order valence-corrected chi connectivity index (χ4v) is 4.79. The van der Waals surface area contributed by atoms with Crippen molar-refractivity contribution < 1.29 is 9.53 Å². The molecule has 1 atom stereocenters. The van der Waals surface area contributed by atoms with Crippen molar-refractivity contribution in [2.75, 3.05) is 19.9 Å². The topological polar surface area (TPSA) is 54.1 Å². The van der Waals surface area contributed by atoms with Crippen LogP contribution in [0.25, 0.3) is 10.9 Å². The molecule has 0 bridgehead atoms. The number of carbonyl (C=O) groups is 1. The molecule has 4 rings (SSSR count). The van der Waals surface area contributed by atoms with Gasteiger partial charge in [0.2, 0.25) is 0 Å². The molecule has 0 aliphatic rings. The van der Waals surface area contributed by atoms with Gasteiger partial charge in [-0.3, -0.25) is 4.79 Å². The number of aromatic amines is 1. The molecule has 0 saturated carbocycles. The molecule has 2 N–H and O–H groups in total. The molecular formula is C23H22N2O2S2. The Labute approximate surface area is 178 Å². The van der Waals surface area contributed by atoms with Crippen LogP contribution in [0.3, 0.4) is 0 Å². The first-order chi connectivity index (χ1) is 14.2. The van der Waals surface area contributed by atoms with Crippen molar-refractivity contribution in [1.29, 1.82) is 0 Å². The Morgan fingerprint density at radius 1 is 1.21 bits per heavy atom. The molecule has 0 unspecified atom stereocenters. The third-order valence-electron chi connectivity index (χ3n) is 5.00. The number of benzene rings is 2. The molecule has 2 aromatic heterocycles. The molecule has 4 aromatic rings. The maximum atomic E-state index is 12.9. The number of carbonyl (C=O) groups excluding carboxylic acids is 1. The molecule has 0 spiro atoms.